The van der Waals surface area contributed by atoms with Crippen LogP contribution in [0.5, 0.6) is 0 Å². The number of carbonyl (C=O) groups is 2. The molecule has 0 spiro atoms. The van der Waals surface area contributed by atoms with Gasteiger partial charge in [-0.15, -0.1) is 16.4 Å². The van der Waals surface area contributed by atoms with E-state index in [2.05, 4.69) is 20.8 Å². The Hall–Kier alpha value is -2.43. The molecule has 29 heavy (non-hydrogen) atoms. The molecule has 1 aromatic carbocycles. The van der Waals surface area contributed by atoms with Crippen molar-refractivity contribution in [2.75, 3.05) is 17.7 Å². The van der Waals surface area contributed by atoms with Crippen LogP contribution >= 0.6 is 34.7 Å². The van der Waals surface area contributed by atoms with Crippen LogP contribution in [-0.4, -0.2) is 44.4 Å². The summed E-state index contributed by atoms with van der Waals surface area (Å²) in [5, 5.41) is 15.9. The van der Waals surface area contributed by atoms with Crippen molar-refractivity contribution in [3.8, 4) is 5.69 Å². The number of aromatic nitrogens is 4. The molecule has 1 N–H and O–H groups in total. The number of esters is 1. The molecule has 11 heteroatoms. The Bertz CT molecular complexity index is 1030. The number of thioether (sulfide) groups is 1. The Labute approximate surface area is 180 Å². The van der Waals surface area contributed by atoms with Crippen molar-refractivity contribution in [3.63, 3.8) is 0 Å². The minimum absolute atomic E-state index is 0.0756. The number of nitrogens with zero attached hydrogens (tertiary/aromatic N) is 4. The number of carbonyl (C=O) groups excluding carboxylic acids is 2. The number of benzene rings is 1. The van der Waals surface area contributed by atoms with E-state index in [1.54, 1.807) is 31.2 Å². The number of amides is 1. The Kier molecular flexibility index (Phi) is 6.88. The summed E-state index contributed by atoms with van der Waals surface area (Å²) in [6.07, 6.45) is 0. The van der Waals surface area contributed by atoms with Crippen LogP contribution in [0.15, 0.2) is 29.4 Å². The van der Waals surface area contributed by atoms with Crippen LogP contribution < -0.4 is 5.32 Å². The molecule has 0 aliphatic carbocycles. The van der Waals surface area contributed by atoms with Gasteiger partial charge in [-0.1, -0.05) is 23.4 Å². The van der Waals surface area contributed by atoms with Gasteiger partial charge in [0.25, 0.3) is 0 Å². The van der Waals surface area contributed by atoms with Crippen molar-refractivity contribution < 1.29 is 14.3 Å². The third-order valence-electron chi connectivity index (χ3n) is 3.96. The van der Waals surface area contributed by atoms with Gasteiger partial charge in [-0.3, -0.25) is 4.79 Å². The third kappa shape index (κ3) is 4.95. The van der Waals surface area contributed by atoms with Crippen molar-refractivity contribution in [2.24, 2.45) is 0 Å². The van der Waals surface area contributed by atoms with Crippen LogP contribution in [0.1, 0.15) is 27.7 Å². The van der Waals surface area contributed by atoms with E-state index in [0.717, 1.165) is 16.1 Å². The normalized spacial score (nSPS) is 10.8. The molecule has 0 bridgehead atoms. The Morgan fingerprint density at radius 1 is 1.28 bits per heavy atom. The highest BCUT2D eigenvalue weighted by atomic mass is 35.5. The maximum Gasteiger partial charge on any atom is 0.341 e. The molecule has 8 nitrogen and oxygen atoms in total. The highest BCUT2D eigenvalue weighted by Gasteiger charge is 2.22. The van der Waals surface area contributed by atoms with Gasteiger partial charge in [0.05, 0.1) is 23.6 Å². The summed E-state index contributed by atoms with van der Waals surface area (Å²) >= 11 is 8.44. The molecule has 0 atom stereocenters. The van der Waals surface area contributed by atoms with Gasteiger partial charge in [0.1, 0.15) is 5.00 Å². The maximum atomic E-state index is 12.5. The molecule has 2 aromatic heterocycles. The van der Waals surface area contributed by atoms with Crippen molar-refractivity contribution >= 4 is 51.6 Å². The van der Waals surface area contributed by atoms with Gasteiger partial charge in [-0.25, -0.2) is 4.79 Å². The van der Waals surface area contributed by atoms with Gasteiger partial charge in [-0.05, 0) is 61.0 Å². The SMILES string of the molecule is CCOC(=O)c1c(NC(=O)CSc2nnnn2-c2ccc(Cl)cc2)sc(C)c1C. The van der Waals surface area contributed by atoms with Gasteiger partial charge in [0, 0.05) is 9.90 Å². The van der Waals surface area contributed by atoms with Crippen molar-refractivity contribution in [1.82, 2.24) is 20.2 Å². The number of tetrazole rings is 1. The average Bonchev–Trinajstić information content (AvgIpc) is 3.25. The lowest BCUT2D eigenvalue weighted by molar-refractivity contribution is -0.113. The number of ether oxygens (including phenoxy) is 1. The van der Waals surface area contributed by atoms with Crippen LogP contribution in [0.3, 0.4) is 0 Å². The Balaban J connectivity index is 1.69. The summed E-state index contributed by atoms with van der Waals surface area (Å²) in [5.41, 5.74) is 1.94. The molecule has 0 saturated heterocycles. The van der Waals surface area contributed by atoms with E-state index in [-0.39, 0.29) is 18.3 Å². The summed E-state index contributed by atoms with van der Waals surface area (Å²) in [4.78, 5) is 25.7. The fourth-order valence-electron chi connectivity index (χ4n) is 2.47. The Morgan fingerprint density at radius 3 is 2.69 bits per heavy atom. The van der Waals surface area contributed by atoms with Crippen LogP contribution in [-0.2, 0) is 9.53 Å². The van der Waals surface area contributed by atoms with Crippen LogP contribution in [0.25, 0.3) is 5.69 Å². The van der Waals surface area contributed by atoms with Gasteiger partial charge >= 0.3 is 5.97 Å². The zero-order chi connectivity index (χ0) is 21.0. The molecular weight excluding hydrogens is 434 g/mol. The number of thiophene rings is 1. The molecule has 152 valence electrons. The molecule has 3 aromatic rings. The van der Waals surface area contributed by atoms with E-state index in [0.29, 0.717) is 20.7 Å². The highest BCUT2D eigenvalue weighted by Crippen LogP contribution is 2.33. The van der Waals surface area contributed by atoms with Crippen LogP contribution in [0.2, 0.25) is 5.02 Å². The van der Waals surface area contributed by atoms with E-state index < -0.39 is 5.97 Å². The van der Waals surface area contributed by atoms with Gasteiger partial charge in [-0.2, -0.15) is 4.68 Å². The fraction of sp³-hybridized carbons (Fsp3) is 0.278. The Morgan fingerprint density at radius 2 is 2.00 bits per heavy atom. The molecule has 0 saturated carbocycles. The smallest absolute Gasteiger partial charge is 0.341 e. The lowest BCUT2D eigenvalue weighted by Gasteiger charge is -2.07. The first-order valence-electron chi connectivity index (χ1n) is 8.64. The first-order valence-corrected chi connectivity index (χ1v) is 10.8. The second-order valence-electron chi connectivity index (χ2n) is 5.89. The molecular formula is C18H18ClN5O3S2. The molecule has 3 rings (SSSR count). The predicted octanol–water partition coefficient (Wildman–Crippen LogP) is 3.90. The minimum Gasteiger partial charge on any atom is -0.462 e. The van der Waals surface area contributed by atoms with Gasteiger partial charge < -0.3 is 10.1 Å². The average molecular weight is 452 g/mol. The summed E-state index contributed by atoms with van der Waals surface area (Å²) in [6.45, 7) is 5.74. The molecule has 0 unspecified atom stereocenters. The number of halogens is 1. The fourth-order valence-corrected chi connectivity index (χ4v) is 4.35. The maximum absolute atomic E-state index is 12.5. The number of hydrogen-bond donors (Lipinski definition) is 1. The summed E-state index contributed by atoms with van der Waals surface area (Å²) in [6, 6.07) is 7.04. The predicted molar refractivity (Wildman–Crippen MR) is 113 cm³/mol. The summed E-state index contributed by atoms with van der Waals surface area (Å²) in [7, 11) is 0. The largest absolute Gasteiger partial charge is 0.462 e. The lowest BCUT2D eigenvalue weighted by Crippen LogP contribution is -2.16. The van der Waals surface area contributed by atoms with Gasteiger partial charge in [0.15, 0.2) is 0 Å². The van der Waals surface area contributed by atoms with E-state index in [1.807, 2.05) is 13.8 Å². The molecule has 1 amide bonds. The highest BCUT2D eigenvalue weighted by molar-refractivity contribution is 7.99. The first kappa shape index (κ1) is 21.3. The van der Waals surface area contributed by atoms with Crippen molar-refractivity contribution in [1.29, 1.82) is 0 Å². The second kappa shape index (κ2) is 9.38. The molecule has 0 fully saturated rings. The lowest BCUT2D eigenvalue weighted by atomic mass is 10.1. The molecule has 0 aliphatic rings. The third-order valence-corrected chi connectivity index (χ3v) is 6.26. The van der Waals surface area contributed by atoms with E-state index in [1.165, 1.54) is 27.8 Å². The van der Waals surface area contributed by atoms with Crippen LogP contribution in [0.4, 0.5) is 5.00 Å². The molecule has 0 radical (unpaired) electrons. The second-order valence-corrected chi connectivity index (χ2v) is 8.50. The van der Waals surface area contributed by atoms with E-state index >= 15 is 0 Å². The number of hydrogen-bond acceptors (Lipinski definition) is 8. The number of rotatable bonds is 7. The summed E-state index contributed by atoms with van der Waals surface area (Å²) < 4.78 is 6.63. The monoisotopic (exact) mass is 451 g/mol. The number of anilines is 1. The van der Waals surface area contributed by atoms with Gasteiger partial charge in [0.2, 0.25) is 11.1 Å². The minimum atomic E-state index is -0.441. The van der Waals surface area contributed by atoms with E-state index in [4.69, 9.17) is 16.3 Å². The standard InChI is InChI=1S/C18H18ClN5O3S2/c1-4-27-17(26)15-10(2)11(3)29-16(15)20-14(25)9-28-18-21-22-23-24(18)13-7-5-12(19)6-8-13/h5-8H,4,9H2,1-3H3,(H,20,25). The van der Waals surface area contributed by atoms with E-state index in [9.17, 15) is 9.59 Å². The number of nitrogens with one attached hydrogen (secondary N) is 1. The summed E-state index contributed by atoms with van der Waals surface area (Å²) in [5.74, 6) is -0.636. The zero-order valence-corrected chi connectivity index (χ0v) is 18.3. The molecule has 2 heterocycles. The topological polar surface area (TPSA) is 99.0 Å². The number of aryl methyl sites for hydroxylation is 1. The zero-order valence-electron chi connectivity index (χ0n) is 15.9. The van der Waals surface area contributed by atoms with Crippen molar-refractivity contribution in [2.45, 2.75) is 25.9 Å². The molecule has 0 aliphatic heterocycles. The van der Waals surface area contributed by atoms with Crippen molar-refractivity contribution in [3.05, 3.63) is 45.3 Å². The first-order chi connectivity index (χ1) is 13.9. The quantitative estimate of drug-likeness (QED) is 0.429. The van der Waals surface area contributed by atoms with Crippen LogP contribution in [0, 0.1) is 13.8 Å².